The second-order valence-electron chi connectivity index (χ2n) is 11.9. The summed E-state index contributed by atoms with van der Waals surface area (Å²) in [6, 6.07) is 7.02. The van der Waals surface area contributed by atoms with Crippen LogP contribution in [0.2, 0.25) is 0 Å². The molecule has 1 N–H and O–H groups in total. The van der Waals surface area contributed by atoms with Crippen LogP contribution in [0.1, 0.15) is 88.6 Å². The fraction of sp³-hybridized carbons (Fsp3) is 0.588. The molecule has 3 aliphatic heterocycles. The van der Waals surface area contributed by atoms with Crippen molar-refractivity contribution in [2.24, 2.45) is 5.92 Å². The molecule has 4 heterocycles. The van der Waals surface area contributed by atoms with E-state index in [9.17, 15) is 4.79 Å². The zero-order chi connectivity index (χ0) is 29.7. The van der Waals surface area contributed by atoms with Crippen LogP contribution in [0.4, 0.5) is 0 Å². The van der Waals surface area contributed by atoms with Crippen molar-refractivity contribution in [3.63, 3.8) is 0 Å². The third-order valence-corrected chi connectivity index (χ3v) is 9.67. The highest BCUT2D eigenvalue weighted by molar-refractivity contribution is 6.47. The zero-order valence-electron chi connectivity index (χ0n) is 25.8. The van der Waals surface area contributed by atoms with E-state index in [1.54, 1.807) is 0 Å². The Labute approximate surface area is 251 Å². The quantitative estimate of drug-likeness (QED) is 0.579. The molecule has 6 nitrogen and oxygen atoms in total. The maximum Gasteiger partial charge on any atom is 0.282 e. The van der Waals surface area contributed by atoms with E-state index in [2.05, 4.69) is 53.2 Å². The Morgan fingerprint density at radius 3 is 2.32 bits per heavy atom. The predicted octanol–water partition coefficient (Wildman–Crippen LogP) is 4.51. The molecule has 0 atom stereocenters. The summed E-state index contributed by atoms with van der Waals surface area (Å²) in [5.41, 5.74) is 3.54. The van der Waals surface area contributed by atoms with Gasteiger partial charge < -0.3 is 14.9 Å². The van der Waals surface area contributed by atoms with Gasteiger partial charge in [0.25, 0.3) is 5.56 Å². The summed E-state index contributed by atoms with van der Waals surface area (Å²) in [7, 11) is 4.27. The van der Waals surface area contributed by atoms with Crippen molar-refractivity contribution in [2.75, 3.05) is 46.9 Å². The summed E-state index contributed by atoms with van der Waals surface area (Å²) < 4.78 is 2.21. The van der Waals surface area contributed by atoms with Gasteiger partial charge in [0.2, 0.25) is 0 Å². The van der Waals surface area contributed by atoms with Gasteiger partial charge in [-0.05, 0) is 89.0 Å². The first kappa shape index (κ1) is 31.7. The predicted molar refractivity (Wildman–Crippen MR) is 171 cm³/mol. The Hall–Kier alpha value is -2.25. The first-order valence-corrected chi connectivity index (χ1v) is 16.0. The van der Waals surface area contributed by atoms with Crippen molar-refractivity contribution in [1.29, 1.82) is 0 Å². The molecule has 4 aliphatic rings. The minimum Gasteiger partial charge on any atom is -0.396 e. The van der Waals surface area contributed by atoms with Gasteiger partial charge in [-0.2, -0.15) is 4.98 Å². The third-order valence-electron chi connectivity index (χ3n) is 9.32. The number of piperidine rings is 1. The Balaban J connectivity index is 0.000000372. The number of fused-ring (bicyclic) bond motifs is 5. The highest BCUT2D eigenvalue weighted by Gasteiger charge is 2.46. The number of allylic oxidation sites excluding steroid dienone is 1. The van der Waals surface area contributed by atoms with Crippen LogP contribution in [0.15, 0.2) is 35.6 Å². The summed E-state index contributed by atoms with van der Waals surface area (Å²) in [4.78, 5) is 22.5. The summed E-state index contributed by atoms with van der Waals surface area (Å²) in [5, 5.41) is 10.1. The molecule has 1 spiro atoms. The SMILES string of the molecule is C=C/C(Cl)=c1/c(=O)nc2n(/c1=C/C)-c1ccc(C3CCN(C)CC3)cc1C21CCCCC1.CC.CN1CC(CO)C1. The van der Waals surface area contributed by atoms with Crippen molar-refractivity contribution < 1.29 is 5.11 Å². The van der Waals surface area contributed by atoms with Gasteiger partial charge in [-0.25, -0.2) is 0 Å². The smallest absolute Gasteiger partial charge is 0.282 e. The fourth-order valence-electron chi connectivity index (χ4n) is 7.14. The van der Waals surface area contributed by atoms with E-state index in [-0.39, 0.29) is 11.0 Å². The molecule has 1 aromatic carbocycles. The lowest BCUT2D eigenvalue weighted by Gasteiger charge is -2.34. The van der Waals surface area contributed by atoms with Crippen LogP contribution in [0.25, 0.3) is 16.8 Å². The molecule has 0 radical (unpaired) electrons. The average Bonchev–Trinajstić information content (AvgIpc) is 3.24. The van der Waals surface area contributed by atoms with Crippen LogP contribution in [0, 0.1) is 5.92 Å². The Bertz CT molecular complexity index is 1400. The highest BCUT2D eigenvalue weighted by atomic mass is 35.5. The number of hydrogen-bond acceptors (Lipinski definition) is 5. The average molecular weight is 581 g/mol. The van der Waals surface area contributed by atoms with Crippen molar-refractivity contribution in [2.45, 2.75) is 77.0 Å². The summed E-state index contributed by atoms with van der Waals surface area (Å²) in [6.07, 6.45) is 11.6. The van der Waals surface area contributed by atoms with Crippen LogP contribution in [0.3, 0.4) is 0 Å². The van der Waals surface area contributed by atoms with E-state index < -0.39 is 0 Å². The van der Waals surface area contributed by atoms with Crippen LogP contribution in [-0.4, -0.2) is 71.3 Å². The molecule has 6 rings (SSSR count). The second-order valence-corrected chi connectivity index (χ2v) is 12.4. The minimum absolute atomic E-state index is 0.175. The molecule has 0 amide bonds. The standard InChI is InChI=1S/C27H32ClN3O.C5H11NO.C2H6/c1-4-21(28)24-22(5-2)31-23-10-9-19(18-11-15-30(3)16-12-18)17-20(23)27(13-7-6-8-14-27)26(31)29-25(24)32;1-6-2-5(3-6)4-7;1-2/h4-5,9-10,17-18H,1,6-8,11-16H2,2-3H3;5,7H,2-4H2,1H3;1-2H3/b22-5+,24-21-;;. The van der Waals surface area contributed by atoms with Crippen molar-refractivity contribution in [3.8, 4) is 5.69 Å². The topological polar surface area (TPSA) is 61.6 Å². The number of hydrogen-bond donors (Lipinski definition) is 1. The van der Waals surface area contributed by atoms with E-state index >= 15 is 0 Å². The number of rotatable bonds is 3. The van der Waals surface area contributed by atoms with Gasteiger partial charge in [0.05, 0.1) is 26.7 Å². The van der Waals surface area contributed by atoms with Gasteiger partial charge in [0.15, 0.2) is 0 Å². The van der Waals surface area contributed by atoms with Crippen LogP contribution < -0.4 is 16.1 Å². The molecule has 3 fully saturated rings. The lowest BCUT2D eigenvalue weighted by Crippen LogP contribution is -2.49. The molecular formula is C34H49ClN4O2. The number of benzene rings is 1. The lowest BCUT2D eigenvalue weighted by atomic mass is 9.69. The Morgan fingerprint density at radius 1 is 1.12 bits per heavy atom. The first-order valence-electron chi connectivity index (χ1n) is 15.6. The zero-order valence-corrected chi connectivity index (χ0v) is 26.5. The van der Waals surface area contributed by atoms with Crippen LogP contribution in [0.5, 0.6) is 0 Å². The third kappa shape index (κ3) is 6.13. The number of aliphatic hydroxyl groups excluding tert-OH is 1. The van der Waals surface area contributed by atoms with E-state index in [0.29, 0.717) is 28.7 Å². The maximum absolute atomic E-state index is 13.2. The van der Waals surface area contributed by atoms with E-state index in [1.807, 2.05) is 26.8 Å². The Morgan fingerprint density at radius 2 is 1.78 bits per heavy atom. The van der Waals surface area contributed by atoms with E-state index in [0.717, 1.165) is 55.9 Å². The summed E-state index contributed by atoms with van der Waals surface area (Å²) >= 11 is 6.45. The monoisotopic (exact) mass is 580 g/mol. The molecule has 0 unspecified atom stereocenters. The molecule has 2 aromatic rings. The summed E-state index contributed by atoms with van der Waals surface area (Å²) in [6.45, 7) is 14.6. The van der Waals surface area contributed by atoms with Gasteiger partial charge >= 0.3 is 0 Å². The molecule has 7 heteroatoms. The molecule has 1 saturated carbocycles. The number of halogens is 1. The lowest BCUT2D eigenvalue weighted by molar-refractivity contribution is 0.0760. The molecule has 224 valence electrons. The Kier molecular flexibility index (Phi) is 10.7. The largest absolute Gasteiger partial charge is 0.396 e. The fourth-order valence-corrected chi connectivity index (χ4v) is 7.32. The van der Waals surface area contributed by atoms with E-state index in [1.165, 1.54) is 49.3 Å². The van der Waals surface area contributed by atoms with Crippen molar-refractivity contribution >= 4 is 22.7 Å². The van der Waals surface area contributed by atoms with Gasteiger partial charge in [0.1, 0.15) is 5.82 Å². The molecule has 1 aromatic heterocycles. The maximum atomic E-state index is 13.2. The molecule has 1 aliphatic carbocycles. The number of nitrogens with zero attached hydrogens (tertiary/aromatic N) is 4. The van der Waals surface area contributed by atoms with Crippen molar-refractivity contribution in [3.05, 3.63) is 68.7 Å². The van der Waals surface area contributed by atoms with Crippen LogP contribution in [-0.2, 0) is 5.41 Å². The first-order chi connectivity index (χ1) is 19.8. The molecule has 0 bridgehead atoms. The normalized spacial score (nSPS) is 21.6. The second kappa shape index (κ2) is 13.8. The van der Waals surface area contributed by atoms with Gasteiger partial charge in [-0.3, -0.25) is 9.36 Å². The number of likely N-dealkylation sites (tertiary alicyclic amines) is 2. The number of aromatic nitrogens is 2. The molecule has 41 heavy (non-hydrogen) atoms. The molecular weight excluding hydrogens is 532 g/mol. The minimum atomic E-state index is -0.248. The van der Waals surface area contributed by atoms with Crippen molar-refractivity contribution in [1.82, 2.24) is 19.4 Å². The number of aliphatic hydroxyl groups is 1. The van der Waals surface area contributed by atoms with Gasteiger partial charge in [0, 0.05) is 25.6 Å². The van der Waals surface area contributed by atoms with Gasteiger partial charge in [-0.1, -0.05) is 69.5 Å². The highest BCUT2D eigenvalue weighted by Crippen LogP contribution is 2.50. The van der Waals surface area contributed by atoms with Crippen LogP contribution >= 0.6 is 11.6 Å². The summed E-state index contributed by atoms with van der Waals surface area (Å²) in [5.74, 6) is 2.08. The van der Waals surface area contributed by atoms with E-state index in [4.69, 9.17) is 21.7 Å². The molecule has 2 saturated heterocycles. The van der Waals surface area contributed by atoms with Gasteiger partial charge in [-0.15, -0.1) is 0 Å².